The number of ketones is 1. The zero-order valence-corrected chi connectivity index (χ0v) is 11.5. The first-order chi connectivity index (χ1) is 7.97. The minimum absolute atomic E-state index is 0.179. The van der Waals surface area contributed by atoms with Gasteiger partial charge in [-0.2, -0.15) is 0 Å². The van der Waals surface area contributed by atoms with E-state index in [1.54, 1.807) is 7.05 Å². The summed E-state index contributed by atoms with van der Waals surface area (Å²) in [6.45, 7) is 8.95. The van der Waals surface area contributed by atoms with Gasteiger partial charge in [-0.3, -0.25) is 4.79 Å². The number of likely N-dealkylation sites (N-methyl/N-ethyl adjacent to an activating group) is 1. The topological polar surface area (TPSA) is 29.1 Å². The van der Waals surface area contributed by atoms with Gasteiger partial charge in [0.05, 0.1) is 6.54 Å². The van der Waals surface area contributed by atoms with Crippen molar-refractivity contribution in [2.75, 3.05) is 13.6 Å². The van der Waals surface area contributed by atoms with E-state index in [4.69, 9.17) is 0 Å². The Morgan fingerprint density at radius 1 is 1.18 bits per heavy atom. The maximum atomic E-state index is 12.1. The number of Topliss-reactive ketones (excluding diaryl/α,β-unsaturated/α-hetero) is 1. The molecule has 0 heterocycles. The number of hydrogen-bond donors (Lipinski definition) is 1. The minimum atomic E-state index is 0.179. The Kier molecular flexibility index (Phi) is 4.88. The van der Waals surface area contributed by atoms with Gasteiger partial charge in [-0.25, -0.2) is 0 Å². The molecule has 0 amide bonds. The van der Waals surface area contributed by atoms with Crippen LogP contribution >= 0.6 is 0 Å². The smallest absolute Gasteiger partial charge is 0.176 e. The maximum Gasteiger partial charge on any atom is 0.176 e. The van der Waals surface area contributed by atoms with Gasteiger partial charge in [0.2, 0.25) is 0 Å². The van der Waals surface area contributed by atoms with Crippen molar-refractivity contribution in [2.24, 2.45) is 0 Å². The van der Waals surface area contributed by atoms with Crippen LogP contribution in [0.5, 0.6) is 0 Å². The lowest BCUT2D eigenvalue weighted by Gasteiger charge is -2.15. The fourth-order valence-electron chi connectivity index (χ4n) is 1.93. The van der Waals surface area contributed by atoms with Gasteiger partial charge in [-0.1, -0.05) is 39.8 Å². The standard InChI is InChI=1S/C15H23NO/c1-10(2)12-6-7-13(11(3)4)14(8-12)15(17)9-16-5/h6-8,10-11,16H,9H2,1-5H3. The molecule has 0 aliphatic rings. The van der Waals surface area contributed by atoms with Crippen LogP contribution in [0.1, 0.15) is 61.0 Å². The molecular weight excluding hydrogens is 210 g/mol. The molecular formula is C15H23NO. The van der Waals surface area contributed by atoms with Crippen molar-refractivity contribution in [1.29, 1.82) is 0 Å². The summed E-state index contributed by atoms with van der Waals surface area (Å²) in [5.41, 5.74) is 3.25. The van der Waals surface area contributed by atoms with Crippen LogP contribution in [0.2, 0.25) is 0 Å². The summed E-state index contributed by atoms with van der Waals surface area (Å²) < 4.78 is 0. The summed E-state index contributed by atoms with van der Waals surface area (Å²) >= 11 is 0. The van der Waals surface area contributed by atoms with Gasteiger partial charge in [-0.15, -0.1) is 0 Å². The molecule has 0 spiro atoms. The number of hydrogen-bond acceptors (Lipinski definition) is 2. The highest BCUT2D eigenvalue weighted by molar-refractivity contribution is 5.99. The molecule has 0 aliphatic carbocycles. The number of carbonyl (C=O) groups excluding carboxylic acids is 1. The van der Waals surface area contributed by atoms with Gasteiger partial charge in [0, 0.05) is 5.56 Å². The maximum absolute atomic E-state index is 12.1. The number of benzene rings is 1. The first kappa shape index (κ1) is 13.9. The van der Waals surface area contributed by atoms with E-state index in [0.29, 0.717) is 18.4 Å². The Balaban J connectivity index is 3.20. The van der Waals surface area contributed by atoms with Crippen molar-refractivity contribution < 1.29 is 4.79 Å². The fourth-order valence-corrected chi connectivity index (χ4v) is 1.93. The van der Waals surface area contributed by atoms with Crippen LogP contribution in [0.3, 0.4) is 0 Å². The molecule has 1 rings (SSSR count). The third-order valence-electron chi connectivity index (χ3n) is 3.00. The van der Waals surface area contributed by atoms with Crippen molar-refractivity contribution >= 4 is 5.78 Å². The second-order valence-corrected chi connectivity index (χ2v) is 5.11. The Morgan fingerprint density at radius 3 is 2.29 bits per heavy atom. The quantitative estimate of drug-likeness (QED) is 0.790. The number of rotatable bonds is 5. The molecule has 2 nitrogen and oxygen atoms in total. The van der Waals surface area contributed by atoms with Crippen molar-refractivity contribution in [3.05, 3.63) is 34.9 Å². The first-order valence-corrected chi connectivity index (χ1v) is 6.29. The summed E-state index contributed by atoms with van der Waals surface area (Å²) in [4.78, 5) is 12.1. The lowest BCUT2D eigenvalue weighted by molar-refractivity contribution is 0.0992. The minimum Gasteiger partial charge on any atom is -0.313 e. The Hall–Kier alpha value is -1.15. The van der Waals surface area contributed by atoms with E-state index in [1.807, 2.05) is 0 Å². The van der Waals surface area contributed by atoms with Crippen LogP contribution in [-0.4, -0.2) is 19.4 Å². The molecule has 0 aromatic heterocycles. The Bertz CT molecular complexity index is 394. The van der Waals surface area contributed by atoms with Crippen molar-refractivity contribution in [3.8, 4) is 0 Å². The SMILES string of the molecule is CNCC(=O)c1cc(C(C)C)ccc1C(C)C. The number of nitrogens with one attached hydrogen (secondary N) is 1. The zero-order valence-electron chi connectivity index (χ0n) is 11.5. The monoisotopic (exact) mass is 233 g/mol. The van der Waals surface area contributed by atoms with Gasteiger partial charge in [0.1, 0.15) is 0 Å². The molecule has 94 valence electrons. The third-order valence-corrected chi connectivity index (χ3v) is 3.00. The number of carbonyl (C=O) groups is 1. The summed E-state index contributed by atoms with van der Waals surface area (Å²) in [7, 11) is 1.80. The lowest BCUT2D eigenvalue weighted by Crippen LogP contribution is -2.20. The van der Waals surface area contributed by atoms with Gasteiger partial charge >= 0.3 is 0 Å². The van der Waals surface area contributed by atoms with Crippen molar-refractivity contribution in [3.63, 3.8) is 0 Å². The summed E-state index contributed by atoms with van der Waals surface area (Å²) in [5, 5.41) is 2.93. The highest BCUT2D eigenvalue weighted by Gasteiger charge is 2.14. The summed E-state index contributed by atoms with van der Waals surface area (Å²) in [6, 6.07) is 6.29. The van der Waals surface area contributed by atoms with Crippen LogP contribution in [-0.2, 0) is 0 Å². The molecule has 0 aliphatic heterocycles. The highest BCUT2D eigenvalue weighted by Crippen LogP contribution is 2.24. The molecule has 0 bridgehead atoms. The van der Waals surface area contributed by atoms with E-state index in [9.17, 15) is 4.79 Å². The van der Waals surface area contributed by atoms with Crippen LogP contribution < -0.4 is 5.32 Å². The van der Waals surface area contributed by atoms with Gasteiger partial charge < -0.3 is 5.32 Å². The largest absolute Gasteiger partial charge is 0.313 e. The Labute approximate surface area is 104 Å². The third kappa shape index (κ3) is 3.40. The van der Waals surface area contributed by atoms with Gasteiger partial charge in [-0.05, 0) is 36.1 Å². The van der Waals surface area contributed by atoms with Crippen LogP contribution in [0.15, 0.2) is 18.2 Å². The molecule has 1 aromatic rings. The van der Waals surface area contributed by atoms with Crippen molar-refractivity contribution in [1.82, 2.24) is 5.32 Å². The lowest BCUT2D eigenvalue weighted by atomic mass is 9.90. The summed E-state index contributed by atoms with van der Waals surface area (Å²) in [5.74, 6) is 1.02. The van der Waals surface area contributed by atoms with E-state index in [2.05, 4.69) is 51.2 Å². The predicted octanol–water partition coefficient (Wildman–Crippen LogP) is 3.34. The fraction of sp³-hybridized carbons (Fsp3) is 0.533. The van der Waals surface area contributed by atoms with E-state index in [0.717, 1.165) is 11.1 Å². The molecule has 0 radical (unpaired) electrons. The van der Waals surface area contributed by atoms with E-state index in [-0.39, 0.29) is 5.78 Å². The van der Waals surface area contributed by atoms with E-state index < -0.39 is 0 Å². The molecule has 1 aromatic carbocycles. The van der Waals surface area contributed by atoms with Crippen molar-refractivity contribution in [2.45, 2.75) is 39.5 Å². The van der Waals surface area contributed by atoms with Crippen LogP contribution in [0, 0.1) is 0 Å². The molecule has 0 saturated heterocycles. The summed E-state index contributed by atoms with van der Waals surface area (Å²) in [6.07, 6.45) is 0. The van der Waals surface area contributed by atoms with E-state index >= 15 is 0 Å². The average Bonchev–Trinajstić information content (AvgIpc) is 2.28. The second-order valence-electron chi connectivity index (χ2n) is 5.11. The van der Waals surface area contributed by atoms with Crippen LogP contribution in [0.25, 0.3) is 0 Å². The highest BCUT2D eigenvalue weighted by atomic mass is 16.1. The molecule has 2 heteroatoms. The molecule has 0 unspecified atom stereocenters. The molecule has 0 atom stereocenters. The predicted molar refractivity (Wildman–Crippen MR) is 72.9 cm³/mol. The normalized spacial score (nSPS) is 11.2. The second kappa shape index (κ2) is 5.97. The Morgan fingerprint density at radius 2 is 1.82 bits per heavy atom. The van der Waals surface area contributed by atoms with Gasteiger partial charge in [0.25, 0.3) is 0 Å². The molecule has 1 N–H and O–H groups in total. The molecule has 0 saturated carbocycles. The van der Waals surface area contributed by atoms with Gasteiger partial charge in [0.15, 0.2) is 5.78 Å². The molecule has 17 heavy (non-hydrogen) atoms. The van der Waals surface area contributed by atoms with E-state index in [1.165, 1.54) is 5.56 Å². The average molecular weight is 233 g/mol. The molecule has 0 fully saturated rings. The zero-order chi connectivity index (χ0) is 13.0. The first-order valence-electron chi connectivity index (χ1n) is 6.29. The van der Waals surface area contributed by atoms with Crippen LogP contribution in [0.4, 0.5) is 0 Å².